The number of rotatable bonds is 4. The minimum atomic E-state index is -4.41. The number of aryl methyl sites for hydroxylation is 1. The van der Waals surface area contributed by atoms with Crippen LogP contribution in [0.15, 0.2) is 57.8 Å². The van der Waals surface area contributed by atoms with E-state index in [9.17, 15) is 18.0 Å². The molecule has 1 aromatic carbocycles. The van der Waals surface area contributed by atoms with Crippen molar-refractivity contribution in [2.75, 3.05) is 0 Å². The first-order valence-corrected chi connectivity index (χ1v) is 10.4. The molecular formula is C20H14F3N3OS2. The van der Waals surface area contributed by atoms with E-state index in [-0.39, 0.29) is 5.56 Å². The zero-order chi connectivity index (χ0) is 20.6. The molecule has 0 unspecified atom stereocenters. The van der Waals surface area contributed by atoms with Gasteiger partial charge < -0.3 is 4.98 Å². The molecule has 4 rings (SSSR count). The Morgan fingerprint density at radius 2 is 1.90 bits per heavy atom. The van der Waals surface area contributed by atoms with Crippen LogP contribution >= 0.6 is 23.1 Å². The molecule has 0 radical (unpaired) electrons. The summed E-state index contributed by atoms with van der Waals surface area (Å²) in [7, 11) is 0. The number of pyridine rings is 1. The normalized spacial score (nSPS) is 11.9. The van der Waals surface area contributed by atoms with Crippen molar-refractivity contribution in [2.45, 2.75) is 23.9 Å². The lowest BCUT2D eigenvalue weighted by atomic mass is 10.1. The van der Waals surface area contributed by atoms with E-state index in [0.29, 0.717) is 26.8 Å². The van der Waals surface area contributed by atoms with Gasteiger partial charge in [0.15, 0.2) is 0 Å². The molecule has 4 aromatic rings. The number of hydrogen-bond donors (Lipinski definition) is 1. The number of aromatic amines is 1. The quantitative estimate of drug-likeness (QED) is 0.422. The van der Waals surface area contributed by atoms with Gasteiger partial charge in [-0.05, 0) is 24.6 Å². The zero-order valence-electron chi connectivity index (χ0n) is 15.1. The fourth-order valence-corrected chi connectivity index (χ4v) is 4.46. The van der Waals surface area contributed by atoms with Crippen LogP contribution in [-0.4, -0.2) is 15.0 Å². The number of thioether (sulfide) groups is 1. The highest BCUT2D eigenvalue weighted by Gasteiger charge is 2.30. The van der Waals surface area contributed by atoms with Crippen molar-refractivity contribution >= 4 is 33.3 Å². The van der Waals surface area contributed by atoms with Crippen LogP contribution in [0.5, 0.6) is 0 Å². The maximum absolute atomic E-state index is 12.6. The summed E-state index contributed by atoms with van der Waals surface area (Å²) in [5.74, 6) is 0.743. The number of nitrogens with zero attached hydrogens (tertiary/aromatic N) is 2. The first kappa shape index (κ1) is 19.7. The Morgan fingerprint density at radius 1 is 1.14 bits per heavy atom. The van der Waals surface area contributed by atoms with Crippen molar-refractivity contribution in [3.8, 4) is 11.1 Å². The molecule has 0 atom stereocenters. The summed E-state index contributed by atoms with van der Waals surface area (Å²) in [6.45, 7) is 2.00. The molecule has 9 heteroatoms. The highest BCUT2D eigenvalue weighted by molar-refractivity contribution is 7.98. The highest BCUT2D eigenvalue weighted by Crippen LogP contribution is 2.32. The second kappa shape index (κ2) is 7.64. The van der Waals surface area contributed by atoms with E-state index >= 15 is 0 Å². The minimum absolute atomic E-state index is 0.234. The minimum Gasteiger partial charge on any atom is -0.309 e. The first-order chi connectivity index (χ1) is 13.8. The van der Waals surface area contributed by atoms with Gasteiger partial charge in [0.2, 0.25) is 0 Å². The summed E-state index contributed by atoms with van der Waals surface area (Å²) in [5.41, 5.74) is 1.89. The summed E-state index contributed by atoms with van der Waals surface area (Å²) in [5, 5.41) is 2.87. The highest BCUT2D eigenvalue weighted by atomic mass is 32.2. The Labute approximate surface area is 171 Å². The molecule has 0 bridgehead atoms. The second-order valence-corrected chi connectivity index (χ2v) is 8.23. The molecule has 0 saturated carbocycles. The fourth-order valence-electron chi connectivity index (χ4n) is 2.78. The van der Waals surface area contributed by atoms with E-state index < -0.39 is 11.7 Å². The monoisotopic (exact) mass is 433 g/mol. The van der Waals surface area contributed by atoms with Crippen LogP contribution in [0, 0.1) is 6.92 Å². The van der Waals surface area contributed by atoms with Gasteiger partial charge in [-0.3, -0.25) is 4.79 Å². The molecule has 4 nitrogen and oxygen atoms in total. The summed E-state index contributed by atoms with van der Waals surface area (Å²) < 4.78 is 37.8. The molecule has 3 aromatic heterocycles. The molecule has 148 valence electrons. The van der Waals surface area contributed by atoms with Gasteiger partial charge in [-0.2, -0.15) is 13.2 Å². The summed E-state index contributed by atoms with van der Waals surface area (Å²) >= 11 is 2.60. The third-order valence-corrected chi connectivity index (χ3v) is 6.10. The number of halogens is 3. The van der Waals surface area contributed by atoms with Crippen molar-refractivity contribution in [2.24, 2.45) is 0 Å². The van der Waals surface area contributed by atoms with Crippen molar-refractivity contribution in [1.82, 2.24) is 15.0 Å². The van der Waals surface area contributed by atoms with Crippen LogP contribution in [0.1, 0.15) is 17.0 Å². The lowest BCUT2D eigenvalue weighted by Gasteiger charge is -2.06. The van der Waals surface area contributed by atoms with Gasteiger partial charge in [0, 0.05) is 17.1 Å². The fraction of sp³-hybridized carbons (Fsp3) is 0.150. The van der Waals surface area contributed by atoms with Crippen LogP contribution in [0.25, 0.3) is 21.3 Å². The third-order valence-electron chi connectivity index (χ3n) is 4.28. The van der Waals surface area contributed by atoms with Crippen LogP contribution < -0.4 is 5.56 Å². The summed E-state index contributed by atoms with van der Waals surface area (Å²) in [4.78, 5) is 24.4. The van der Waals surface area contributed by atoms with Gasteiger partial charge >= 0.3 is 6.18 Å². The number of alkyl halides is 3. The van der Waals surface area contributed by atoms with Crippen LogP contribution in [-0.2, 0) is 11.9 Å². The van der Waals surface area contributed by atoms with Crippen LogP contribution in [0.2, 0.25) is 0 Å². The molecule has 0 aliphatic rings. The maximum Gasteiger partial charge on any atom is 0.417 e. The van der Waals surface area contributed by atoms with Crippen LogP contribution in [0.3, 0.4) is 0 Å². The standard InChI is InChI=1S/C20H14F3N3OS2/c1-11-2-4-12(5-3-11)14-9-29-19-17(14)18(27)25-15(26-19)10-28-16-7-6-13(8-24-16)20(21,22)23/h2-9H,10H2,1H3,(H,25,26,27). The van der Waals surface area contributed by atoms with Gasteiger partial charge in [0.1, 0.15) is 10.7 Å². The summed E-state index contributed by atoms with van der Waals surface area (Å²) in [6, 6.07) is 10.2. The number of thiophene rings is 1. The molecule has 0 amide bonds. The van der Waals surface area contributed by atoms with Crippen molar-refractivity contribution < 1.29 is 13.2 Å². The van der Waals surface area contributed by atoms with Gasteiger partial charge in [0.05, 0.1) is 21.7 Å². The number of nitrogens with one attached hydrogen (secondary N) is 1. The average Bonchev–Trinajstić information content (AvgIpc) is 3.11. The van der Waals surface area contributed by atoms with E-state index in [4.69, 9.17) is 0 Å². The Kier molecular flexibility index (Phi) is 5.18. The molecule has 1 N–H and O–H groups in total. The first-order valence-electron chi connectivity index (χ1n) is 8.55. The summed E-state index contributed by atoms with van der Waals surface area (Å²) in [6.07, 6.45) is -3.61. The smallest absolute Gasteiger partial charge is 0.309 e. The second-order valence-electron chi connectivity index (χ2n) is 6.38. The molecule has 0 spiro atoms. The third kappa shape index (κ3) is 4.20. The van der Waals surface area contributed by atoms with E-state index in [2.05, 4.69) is 15.0 Å². The predicted molar refractivity (Wildman–Crippen MR) is 109 cm³/mol. The maximum atomic E-state index is 12.6. The van der Waals surface area contributed by atoms with Gasteiger partial charge in [-0.15, -0.1) is 11.3 Å². The number of benzene rings is 1. The zero-order valence-corrected chi connectivity index (χ0v) is 16.7. The molecule has 3 heterocycles. The van der Waals surface area contributed by atoms with Crippen LogP contribution in [0.4, 0.5) is 13.2 Å². The predicted octanol–water partition coefficient (Wildman–Crippen LogP) is 5.67. The van der Waals surface area contributed by atoms with Gasteiger partial charge in [0.25, 0.3) is 5.56 Å². The van der Waals surface area contributed by atoms with Crippen molar-refractivity contribution in [1.29, 1.82) is 0 Å². The lowest BCUT2D eigenvalue weighted by molar-refractivity contribution is -0.137. The Balaban J connectivity index is 1.57. The Morgan fingerprint density at radius 3 is 2.55 bits per heavy atom. The van der Waals surface area contributed by atoms with E-state index in [1.807, 2.05) is 36.6 Å². The topological polar surface area (TPSA) is 58.6 Å². The van der Waals surface area contributed by atoms with E-state index in [0.717, 1.165) is 29.0 Å². The largest absolute Gasteiger partial charge is 0.417 e. The Hall–Kier alpha value is -2.65. The SMILES string of the molecule is Cc1ccc(-c2csc3nc(CSc4ccc(C(F)(F)F)cn4)[nH]c(=O)c23)cc1. The van der Waals surface area contributed by atoms with Crippen molar-refractivity contribution in [3.63, 3.8) is 0 Å². The number of H-pyrrole nitrogens is 1. The molecule has 29 heavy (non-hydrogen) atoms. The lowest BCUT2D eigenvalue weighted by Crippen LogP contribution is -2.10. The molecular weight excluding hydrogens is 419 g/mol. The van der Waals surface area contributed by atoms with Crippen molar-refractivity contribution in [3.05, 3.63) is 75.3 Å². The number of aromatic nitrogens is 3. The van der Waals surface area contributed by atoms with Gasteiger partial charge in [-0.25, -0.2) is 9.97 Å². The Bertz CT molecular complexity index is 1210. The average molecular weight is 433 g/mol. The molecule has 0 fully saturated rings. The van der Waals surface area contributed by atoms with E-state index in [1.165, 1.54) is 29.2 Å². The number of fused-ring (bicyclic) bond motifs is 1. The molecule has 0 aliphatic carbocycles. The number of hydrogen-bond acceptors (Lipinski definition) is 5. The molecule has 0 saturated heterocycles. The molecule has 0 aliphatic heterocycles. The van der Waals surface area contributed by atoms with Gasteiger partial charge in [-0.1, -0.05) is 41.6 Å². The van der Waals surface area contributed by atoms with E-state index in [1.54, 1.807) is 0 Å².